The van der Waals surface area contributed by atoms with E-state index in [2.05, 4.69) is 28.8 Å². The number of nitrogens with zero attached hydrogens (tertiary/aromatic N) is 5. The Morgan fingerprint density at radius 3 is 2.85 bits per heavy atom. The molecule has 1 aliphatic heterocycles. The number of carbonyl (C=O) groups excluding carboxylic acids is 1. The average Bonchev–Trinajstić information content (AvgIpc) is 3.09. The van der Waals surface area contributed by atoms with E-state index in [9.17, 15) is 9.90 Å². The van der Waals surface area contributed by atoms with E-state index in [1.165, 1.54) is 0 Å². The molecule has 26 heavy (non-hydrogen) atoms. The Kier molecular flexibility index (Phi) is 6.21. The van der Waals surface area contributed by atoms with Crippen molar-refractivity contribution < 1.29 is 9.90 Å². The van der Waals surface area contributed by atoms with E-state index in [4.69, 9.17) is 0 Å². The summed E-state index contributed by atoms with van der Waals surface area (Å²) in [5.74, 6) is -0.0258. The van der Waals surface area contributed by atoms with Crippen molar-refractivity contribution in [2.75, 3.05) is 26.2 Å². The summed E-state index contributed by atoms with van der Waals surface area (Å²) in [4.78, 5) is 21.8. The molecule has 1 aliphatic rings. The van der Waals surface area contributed by atoms with Crippen LogP contribution in [-0.2, 0) is 6.54 Å². The van der Waals surface area contributed by atoms with Gasteiger partial charge in [-0.1, -0.05) is 13.8 Å². The lowest BCUT2D eigenvalue weighted by Crippen LogP contribution is -2.44. The molecule has 0 spiro atoms. The molecule has 1 amide bonds. The largest absolute Gasteiger partial charge is 0.396 e. The molecule has 7 nitrogen and oxygen atoms in total. The highest BCUT2D eigenvalue weighted by atomic mass is 16.3. The van der Waals surface area contributed by atoms with Crippen molar-refractivity contribution in [3.63, 3.8) is 0 Å². The van der Waals surface area contributed by atoms with Crippen LogP contribution in [0.15, 0.2) is 18.6 Å². The minimum Gasteiger partial charge on any atom is -0.396 e. The van der Waals surface area contributed by atoms with Crippen molar-refractivity contribution in [3.05, 3.63) is 29.7 Å². The van der Waals surface area contributed by atoms with Crippen LogP contribution < -0.4 is 0 Å². The highest BCUT2D eigenvalue weighted by molar-refractivity contribution is 5.99. The number of aliphatic hydroxyl groups excluding tert-OH is 1. The Hall–Kier alpha value is -1.99. The molecule has 1 saturated heterocycles. The molecule has 3 heterocycles. The number of amides is 1. The van der Waals surface area contributed by atoms with Crippen molar-refractivity contribution >= 4 is 11.6 Å². The first-order chi connectivity index (χ1) is 12.7. The first kappa shape index (κ1) is 18.8. The van der Waals surface area contributed by atoms with Gasteiger partial charge in [0.1, 0.15) is 5.56 Å². The zero-order chi connectivity index (χ0) is 18.5. The fourth-order valence-corrected chi connectivity index (χ4v) is 3.72. The van der Waals surface area contributed by atoms with Crippen molar-refractivity contribution in [2.45, 2.75) is 52.1 Å². The molecule has 0 aliphatic carbocycles. The second-order valence-electron chi connectivity index (χ2n) is 6.91. The number of rotatable bonds is 7. The molecule has 2 aromatic heterocycles. The van der Waals surface area contributed by atoms with Gasteiger partial charge in [-0.2, -0.15) is 5.10 Å². The third-order valence-corrected chi connectivity index (χ3v) is 5.29. The molecule has 0 bridgehead atoms. The van der Waals surface area contributed by atoms with Gasteiger partial charge < -0.3 is 10.0 Å². The topological polar surface area (TPSA) is 74.0 Å². The van der Waals surface area contributed by atoms with Gasteiger partial charge in [-0.25, -0.2) is 9.50 Å². The summed E-state index contributed by atoms with van der Waals surface area (Å²) in [6.45, 7) is 7.92. The smallest absolute Gasteiger partial charge is 0.259 e. The third-order valence-electron chi connectivity index (χ3n) is 5.29. The lowest BCUT2D eigenvalue weighted by molar-refractivity contribution is 0.0576. The van der Waals surface area contributed by atoms with Gasteiger partial charge in [-0.05, 0) is 38.8 Å². The van der Waals surface area contributed by atoms with Crippen LogP contribution in [0.5, 0.6) is 0 Å². The van der Waals surface area contributed by atoms with Gasteiger partial charge in [0.2, 0.25) is 0 Å². The molecule has 1 N–H and O–H groups in total. The van der Waals surface area contributed by atoms with Crippen molar-refractivity contribution in [3.8, 4) is 0 Å². The molecular formula is C19H29N5O2. The number of piperidine rings is 1. The predicted molar refractivity (Wildman–Crippen MR) is 100.0 cm³/mol. The summed E-state index contributed by atoms with van der Waals surface area (Å²) >= 11 is 0. The van der Waals surface area contributed by atoms with Gasteiger partial charge in [-0.15, -0.1) is 0 Å². The molecule has 142 valence electrons. The second kappa shape index (κ2) is 8.60. The van der Waals surface area contributed by atoms with Gasteiger partial charge in [-0.3, -0.25) is 9.69 Å². The van der Waals surface area contributed by atoms with E-state index in [0.29, 0.717) is 17.6 Å². The van der Waals surface area contributed by atoms with E-state index < -0.39 is 0 Å². The first-order valence-corrected chi connectivity index (χ1v) is 9.64. The maximum atomic E-state index is 13.1. The van der Waals surface area contributed by atoms with E-state index >= 15 is 0 Å². The number of aromatic nitrogens is 3. The predicted octanol–water partition coefficient (Wildman–Crippen LogP) is 1.95. The van der Waals surface area contributed by atoms with Crippen LogP contribution in [0, 0.1) is 0 Å². The molecular weight excluding hydrogens is 330 g/mol. The van der Waals surface area contributed by atoms with E-state index in [1.54, 1.807) is 10.7 Å². The number of aliphatic hydroxyl groups is 1. The molecule has 0 saturated carbocycles. The van der Waals surface area contributed by atoms with Crippen LogP contribution in [0.3, 0.4) is 0 Å². The van der Waals surface area contributed by atoms with Crippen LogP contribution in [-0.4, -0.2) is 67.7 Å². The SMILES string of the molecule is CCN(CC)Cc1cnc2c(C(=O)N3CCCCC3CCO)cnn2c1. The summed E-state index contributed by atoms with van der Waals surface area (Å²) in [6, 6.07) is 0.109. The summed E-state index contributed by atoms with van der Waals surface area (Å²) in [5, 5.41) is 13.7. The van der Waals surface area contributed by atoms with Crippen LogP contribution >= 0.6 is 0 Å². The lowest BCUT2D eigenvalue weighted by Gasteiger charge is -2.35. The maximum absolute atomic E-state index is 13.1. The summed E-state index contributed by atoms with van der Waals surface area (Å²) < 4.78 is 1.71. The Balaban J connectivity index is 1.82. The molecule has 1 fully saturated rings. The normalized spacial score (nSPS) is 18.0. The minimum atomic E-state index is -0.0258. The highest BCUT2D eigenvalue weighted by Crippen LogP contribution is 2.23. The fourth-order valence-electron chi connectivity index (χ4n) is 3.72. The van der Waals surface area contributed by atoms with Gasteiger partial charge >= 0.3 is 0 Å². The quantitative estimate of drug-likeness (QED) is 0.818. The molecule has 2 aromatic rings. The highest BCUT2D eigenvalue weighted by Gasteiger charge is 2.29. The lowest BCUT2D eigenvalue weighted by atomic mass is 9.99. The van der Waals surface area contributed by atoms with Crippen LogP contribution in [0.25, 0.3) is 5.65 Å². The zero-order valence-electron chi connectivity index (χ0n) is 15.8. The first-order valence-electron chi connectivity index (χ1n) is 9.64. The van der Waals surface area contributed by atoms with Gasteiger partial charge in [0, 0.05) is 43.7 Å². The summed E-state index contributed by atoms with van der Waals surface area (Å²) in [6.07, 6.45) is 9.12. The van der Waals surface area contributed by atoms with Crippen molar-refractivity contribution in [1.29, 1.82) is 0 Å². The Bertz CT molecular complexity index is 739. The van der Waals surface area contributed by atoms with Crippen LogP contribution in [0.2, 0.25) is 0 Å². The fraction of sp³-hybridized carbons (Fsp3) is 0.632. The molecule has 0 radical (unpaired) electrons. The Labute approximate surface area is 154 Å². The van der Waals surface area contributed by atoms with Crippen LogP contribution in [0.4, 0.5) is 0 Å². The molecule has 1 unspecified atom stereocenters. The Morgan fingerprint density at radius 2 is 2.12 bits per heavy atom. The maximum Gasteiger partial charge on any atom is 0.259 e. The standard InChI is InChI=1S/C19H29N5O2/c1-3-22(4-2)13-15-11-20-18-17(12-21-24(18)14-15)19(26)23-9-6-5-7-16(23)8-10-25/h11-12,14,16,25H,3-10,13H2,1-2H3. The Morgan fingerprint density at radius 1 is 1.31 bits per heavy atom. The van der Waals surface area contributed by atoms with Gasteiger partial charge in [0.05, 0.1) is 6.20 Å². The summed E-state index contributed by atoms with van der Waals surface area (Å²) in [5.41, 5.74) is 2.23. The monoisotopic (exact) mass is 359 g/mol. The van der Waals surface area contributed by atoms with Crippen LogP contribution in [0.1, 0.15) is 55.5 Å². The molecule has 0 aromatic carbocycles. The third kappa shape index (κ3) is 3.88. The number of fused-ring (bicyclic) bond motifs is 1. The van der Waals surface area contributed by atoms with Crippen molar-refractivity contribution in [1.82, 2.24) is 24.4 Å². The van der Waals surface area contributed by atoms with E-state index in [-0.39, 0.29) is 18.6 Å². The number of carbonyl (C=O) groups is 1. The van der Waals surface area contributed by atoms with E-state index in [1.807, 2.05) is 17.3 Å². The number of hydrogen-bond acceptors (Lipinski definition) is 5. The second-order valence-corrected chi connectivity index (χ2v) is 6.91. The zero-order valence-corrected chi connectivity index (χ0v) is 15.8. The number of hydrogen-bond donors (Lipinski definition) is 1. The van der Waals surface area contributed by atoms with Gasteiger partial charge in [0.15, 0.2) is 5.65 Å². The summed E-state index contributed by atoms with van der Waals surface area (Å²) in [7, 11) is 0. The van der Waals surface area contributed by atoms with Crippen molar-refractivity contribution in [2.24, 2.45) is 0 Å². The van der Waals surface area contributed by atoms with E-state index in [0.717, 1.165) is 51.0 Å². The average molecular weight is 359 g/mol. The van der Waals surface area contributed by atoms with Gasteiger partial charge in [0.25, 0.3) is 5.91 Å². The molecule has 7 heteroatoms. The molecule has 3 rings (SSSR count). The number of likely N-dealkylation sites (tertiary alicyclic amines) is 1. The minimum absolute atomic E-state index is 0.0258. The molecule has 1 atom stereocenters.